The highest BCUT2D eigenvalue weighted by Gasteiger charge is 2.10. The van der Waals surface area contributed by atoms with Gasteiger partial charge in [-0.05, 0) is 43.2 Å². The quantitative estimate of drug-likeness (QED) is 0.475. The summed E-state index contributed by atoms with van der Waals surface area (Å²) in [5.74, 6) is 0.832. The maximum Gasteiger partial charge on any atom is 0.238 e. The molecule has 2 aromatic heterocycles. The molecule has 2 heterocycles. The van der Waals surface area contributed by atoms with Crippen molar-refractivity contribution in [3.8, 4) is 11.3 Å². The van der Waals surface area contributed by atoms with Crippen LogP contribution in [0.3, 0.4) is 0 Å². The molecular weight excluding hydrogens is 422 g/mol. The van der Waals surface area contributed by atoms with E-state index in [0.717, 1.165) is 34.0 Å². The molecule has 4 aromatic rings. The predicted octanol–water partition coefficient (Wildman–Crippen LogP) is 3.66. The van der Waals surface area contributed by atoms with Crippen LogP contribution in [-0.2, 0) is 16.4 Å². The van der Waals surface area contributed by atoms with Crippen LogP contribution >= 0.6 is 11.6 Å². The number of halogens is 1. The molecule has 9 heteroatoms. The fourth-order valence-electron chi connectivity index (χ4n) is 3.17. The molecule has 7 nitrogen and oxygen atoms in total. The van der Waals surface area contributed by atoms with E-state index in [9.17, 15) is 8.42 Å². The van der Waals surface area contributed by atoms with Crippen molar-refractivity contribution in [1.82, 2.24) is 14.6 Å². The fraction of sp³-hybridized carbons (Fsp3) is 0.143. The van der Waals surface area contributed by atoms with E-state index in [1.807, 2.05) is 43.3 Å². The zero-order valence-electron chi connectivity index (χ0n) is 16.2. The molecule has 0 aliphatic rings. The lowest BCUT2D eigenvalue weighted by Crippen LogP contribution is -2.12. The van der Waals surface area contributed by atoms with Crippen LogP contribution in [0.5, 0.6) is 0 Å². The van der Waals surface area contributed by atoms with Crippen molar-refractivity contribution in [2.24, 2.45) is 5.14 Å². The second-order valence-electron chi connectivity index (χ2n) is 6.95. The second kappa shape index (κ2) is 8.06. The molecule has 30 heavy (non-hydrogen) atoms. The van der Waals surface area contributed by atoms with Gasteiger partial charge in [-0.15, -0.1) is 0 Å². The van der Waals surface area contributed by atoms with Crippen molar-refractivity contribution < 1.29 is 8.42 Å². The molecule has 0 radical (unpaired) electrons. The van der Waals surface area contributed by atoms with Crippen molar-refractivity contribution in [3.05, 3.63) is 76.9 Å². The SMILES string of the molecule is Cc1cc(NCCc2ccc(S(N)(=O)=O)cc2)n2nc(-c3ccc(Cl)cc3)cc2n1. The molecule has 4 rings (SSSR count). The van der Waals surface area contributed by atoms with Gasteiger partial charge in [0.2, 0.25) is 10.0 Å². The molecule has 0 unspecified atom stereocenters. The van der Waals surface area contributed by atoms with Gasteiger partial charge in [0.15, 0.2) is 5.65 Å². The summed E-state index contributed by atoms with van der Waals surface area (Å²) in [6, 6.07) is 18.0. The summed E-state index contributed by atoms with van der Waals surface area (Å²) in [5.41, 5.74) is 4.40. The van der Waals surface area contributed by atoms with Gasteiger partial charge in [-0.2, -0.15) is 9.61 Å². The van der Waals surface area contributed by atoms with Gasteiger partial charge in [-0.25, -0.2) is 18.5 Å². The summed E-state index contributed by atoms with van der Waals surface area (Å²) in [4.78, 5) is 4.67. The number of hydrogen-bond acceptors (Lipinski definition) is 5. The number of anilines is 1. The smallest absolute Gasteiger partial charge is 0.238 e. The minimum Gasteiger partial charge on any atom is -0.370 e. The van der Waals surface area contributed by atoms with Crippen LogP contribution in [0, 0.1) is 6.92 Å². The summed E-state index contributed by atoms with van der Waals surface area (Å²) in [5, 5.41) is 13.9. The summed E-state index contributed by atoms with van der Waals surface area (Å²) in [6.07, 6.45) is 0.707. The van der Waals surface area contributed by atoms with E-state index in [2.05, 4.69) is 15.4 Å². The average Bonchev–Trinajstić information content (AvgIpc) is 3.12. The Bertz CT molecular complexity index is 1300. The first-order chi connectivity index (χ1) is 14.3. The summed E-state index contributed by atoms with van der Waals surface area (Å²) in [7, 11) is -3.68. The molecule has 0 amide bonds. The molecule has 0 bridgehead atoms. The Kier molecular flexibility index (Phi) is 5.46. The summed E-state index contributed by atoms with van der Waals surface area (Å²) < 4.78 is 24.5. The number of benzene rings is 2. The molecule has 154 valence electrons. The van der Waals surface area contributed by atoms with Crippen LogP contribution in [0.2, 0.25) is 5.02 Å². The Hall–Kier alpha value is -2.94. The zero-order valence-corrected chi connectivity index (χ0v) is 17.8. The van der Waals surface area contributed by atoms with Crippen molar-refractivity contribution in [2.45, 2.75) is 18.2 Å². The Labute approximate surface area is 179 Å². The normalized spacial score (nSPS) is 11.7. The molecule has 3 N–H and O–H groups in total. The number of fused-ring (bicyclic) bond motifs is 1. The standard InChI is InChI=1S/C21H20ClN5O2S/c1-14-12-20(24-11-10-15-2-8-18(9-3-15)30(23,28)29)27-21(25-14)13-19(26-27)16-4-6-17(22)7-5-16/h2-9,12-13,24H,10-11H2,1H3,(H2,23,28,29). The van der Waals surface area contributed by atoms with E-state index in [0.29, 0.717) is 18.0 Å². The number of nitrogens with one attached hydrogen (secondary N) is 1. The topological polar surface area (TPSA) is 102 Å². The van der Waals surface area contributed by atoms with Crippen LogP contribution in [0.1, 0.15) is 11.3 Å². The number of aryl methyl sites for hydroxylation is 1. The number of primary sulfonamides is 1. The van der Waals surface area contributed by atoms with E-state index in [4.69, 9.17) is 16.7 Å². The molecule has 0 aliphatic heterocycles. The highest BCUT2D eigenvalue weighted by Crippen LogP contribution is 2.23. The Balaban J connectivity index is 1.53. The van der Waals surface area contributed by atoms with Gasteiger partial charge in [-0.3, -0.25) is 0 Å². The predicted molar refractivity (Wildman–Crippen MR) is 118 cm³/mol. The number of aromatic nitrogens is 3. The third kappa shape index (κ3) is 4.46. The average molecular weight is 442 g/mol. The second-order valence-corrected chi connectivity index (χ2v) is 8.95. The fourth-order valence-corrected chi connectivity index (χ4v) is 3.81. The molecule has 0 fully saturated rings. The van der Waals surface area contributed by atoms with E-state index >= 15 is 0 Å². The van der Waals surface area contributed by atoms with E-state index in [-0.39, 0.29) is 4.90 Å². The lowest BCUT2D eigenvalue weighted by molar-refractivity contribution is 0.598. The first kappa shape index (κ1) is 20.3. The molecule has 2 aromatic carbocycles. The monoisotopic (exact) mass is 441 g/mol. The van der Waals surface area contributed by atoms with Crippen LogP contribution in [0.25, 0.3) is 16.9 Å². The molecule has 0 spiro atoms. The Morgan fingerprint density at radius 1 is 1.07 bits per heavy atom. The van der Waals surface area contributed by atoms with E-state index in [1.54, 1.807) is 16.6 Å². The highest BCUT2D eigenvalue weighted by molar-refractivity contribution is 7.89. The van der Waals surface area contributed by atoms with Crippen LogP contribution < -0.4 is 10.5 Å². The maximum atomic E-state index is 11.4. The molecular formula is C21H20ClN5O2S. The third-order valence-electron chi connectivity index (χ3n) is 4.67. The molecule has 0 atom stereocenters. The summed E-state index contributed by atoms with van der Waals surface area (Å²) >= 11 is 5.98. The minimum absolute atomic E-state index is 0.108. The van der Waals surface area contributed by atoms with Crippen molar-refractivity contribution in [3.63, 3.8) is 0 Å². The lowest BCUT2D eigenvalue weighted by Gasteiger charge is -2.09. The number of rotatable bonds is 6. The number of hydrogen-bond donors (Lipinski definition) is 2. The first-order valence-corrected chi connectivity index (χ1v) is 11.2. The van der Waals surface area contributed by atoms with Gasteiger partial charge in [0, 0.05) is 35.0 Å². The van der Waals surface area contributed by atoms with Gasteiger partial charge < -0.3 is 5.32 Å². The number of nitrogens with two attached hydrogens (primary N) is 1. The van der Waals surface area contributed by atoms with Crippen LogP contribution in [0.15, 0.2) is 65.6 Å². The first-order valence-electron chi connectivity index (χ1n) is 9.28. The Morgan fingerprint density at radius 2 is 1.77 bits per heavy atom. The van der Waals surface area contributed by atoms with Gasteiger partial charge in [0.05, 0.1) is 10.6 Å². The summed E-state index contributed by atoms with van der Waals surface area (Å²) in [6.45, 7) is 2.58. The maximum absolute atomic E-state index is 11.4. The third-order valence-corrected chi connectivity index (χ3v) is 5.85. The van der Waals surface area contributed by atoms with Crippen LogP contribution in [-0.4, -0.2) is 29.6 Å². The van der Waals surface area contributed by atoms with Gasteiger partial charge in [0.1, 0.15) is 5.82 Å². The van der Waals surface area contributed by atoms with Gasteiger partial charge in [-0.1, -0.05) is 35.9 Å². The highest BCUT2D eigenvalue weighted by atomic mass is 35.5. The number of nitrogens with zero attached hydrogens (tertiary/aromatic N) is 3. The molecule has 0 aliphatic carbocycles. The van der Waals surface area contributed by atoms with Crippen molar-refractivity contribution in [1.29, 1.82) is 0 Å². The minimum atomic E-state index is -3.68. The van der Waals surface area contributed by atoms with Crippen LogP contribution in [0.4, 0.5) is 5.82 Å². The van der Waals surface area contributed by atoms with Crippen molar-refractivity contribution >= 4 is 33.1 Å². The van der Waals surface area contributed by atoms with Crippen molar-refractivity contribution in [2.75, 3.05) is 11.9 Å². The Morgan fingerprint density at radius 3 is 2.43 bits per heavy atom. The molecule has 0 saturated carbocycles. The largest absolute Gasteiger partial charge is 0.370 e. The molecule has 0 saturated heterocycles. The van der Waals surface area contributed by atoms with Gasteiger partial charge in [0.25, 0.3) is 0 Å². The zero-order chi connectivity index (χ0) is 21.3. The lowest BCUT2D eigenvalue weighted by atomic mass is 10.1. The van der Waals surface area contributed by atoms with E-state index < -0.39 is 10.0 Å². The number of sulfonamides is 1. The van der Waals surface area contributed by atoms with E-state index in [1.165, 1.54) is 12.1 Å². The van der Waals surface area contributed by atoms with Gasteiger partial charge >= 0.3 is 0 Å².